The largest absolute Gasteiger partial charge is 0.454 e. The van der Waals surface area contributed by atoms with Gasteiger partial charge in [0.2, 0.25) is 6.79 Å². The molecule has 92 valence electrons. The molecule has 2 rings (SSSR count). The average molecular weight is 300 g/mol. The zero-order chi connectivity index (χ0) is 12.4. The van der Waals surface area contributed by atoms with Crippen molar-refractivity contribution in [3.8, 4) is 11.5 Å². The minimum atomic E-state index is 0.0587. The summed E-state index contributed by atoms with van der Waals surface area (Å²) in [6.45, 7) is 2.54. The SMILES string of the molecule is CCc1c(C(=O)CNC)cc2c(c1Br)OCO2. The summed E-state index contributed by atoms with van der Waals surface area (Å²) in [7, 11) is 1.76. The Labute approximate surface area is 108 Å². The van der Waals surface area contributed by atoms with E-state index >= 15 is 0 Å². The molecule has 0 bridgehead atoms. The van der Waals surface area contributed by atoms with E-state index in [9.17, 15) is 4.79 Å². The predicted octanol–water partition coefficient (Wildman–Crippen LogP) is 2.14. The van der Waals surface area contributed by atoms with Gasteiger partial charge in [-0.05, 0) is 41.0 Å². The summed E-state index contributed by atoms with van der Waals surface area (Å²) in [6, 6.07) is 1.77. The van der Waals surface area contributed by atoms with Gasteiger partial charge in [0.1, 0.15) is 0 Å². The van der Waals surface area contributed by atoms with Gasteiger partial charge < -0.3 is 14.8 Å². The van der Waals surface area contributed by atoms with Crippen molar-refractivity contribution in [3.05, 3.63) is 21.7 Å². The van der Waals surface area contributed by atoms with E-state index in [0.29, 0.717) is 23.6 Å². The topological polar surface area (TPSA) is 47.6 Å². The molecule has 1 aliphatic rings. The Morgan fingerprint density at radius 2 is 2.29 bits per heavy atom. The van der Waals surface area contributed by atoms with E-state index in [1.54, 1.807) is 13.1 Å². The van der Waals surface area contributed by atoms with Gasteiger partial charge in [-0.1, -0.05) is 6.92 Å². The van der Waals surface area contributed by atoms with Crippen LogP contribution in [0, 0.1) is 0 Å². The third-order valence-corrected chi connectivity index (χ3v) is 3.54. The Morgan fingerprint density at radius 3 is 2.94 bits per heavy atom. The van der Waals surface area contributed by atoms with Crippen LogP contribution in [0.25, 0.3) is 0 Å². The number of fused-ring (bicyclic) bond motifs is 1. The van der Waals surface area contributed by atoms with Crippen molar-refractivity contribution in [1.29, 1.82) is 0 Å². The zero-order valence-electron chi connectivity index (χ0n) is 9.80. The molecule has 0 radical (unpaired) electrons. The molecule has 0 saturated carbocycles. The van der Waals surface area contributed by atoms with Crippen LogP contribution in [-0.2, 0) is 6.42 Å². The number of carbonyl (C=O) groups is 1. The van der Waals surface area contributed by atoms with Crippen LogP contribution in [0.5, 0.6) is 11.5 Å². The average Bonchev–Trinajstić information content (AvgIpc) is 2.77. The first-order valence-corrected chi connectivity index (χ1v) is 6.27. The second-order valence-corrected chi connectivity index (χ2v) is 4.55. The highest BCUT2D eigenvalue weighted by atomic mass is 79.9. The number of halogens is 1. The standard InChI is InChI=1S/C12H14BrNO3/c1-3-7-8(9(15)5-14-2)4-10-12(11(7)13)17-6-16-10/h4,14H,3,5-6H2,1-2H3. The maximum atomic E-state index is 12.0. The molecule has 17 heavy (non-hydrogen) atoms. The van der Waals surface area contributed by atoms with Crippen LogP contribution in [0.3, 0.4) is 0 Å². The third kappa shape index (κ3) is 2.17. The Bertz CT molecular complexity index is 460. The quantitative estimate of drug-likeness (QED) is 0.866. The van der Waals surface area contributed by atoms with Crippen LogP contribution in [0.2, 0.25) is 0 Å². The van der Waals surface area contributed by atoms with Crippen LogP contribution >= 0.6 is 15.9 Å². The third-order valence-electron chi connectivity index (χ3n) is 2.70. The van der Waals surface area contributed by atoms with Gasteiger partial charge in [-0.15, -0.1) is 0 Å². The first-order chi connectivity index (χ1) is 8.19. The molecule has 1 N–H and O–H groups in total. The summed E-state index contributed by atoms with van der Waals surface area (Å²) in [6.07, 6.45) is 0.766. The van der Waals surface area contributed by atoms with Crippen LogP contribution in [0.4, 0.5) is 0 Å². The molecule has 0 aliphatic carbocycles. The maximum absolute atomic E-state index is 12.0. The molecule has 1 aromatic rings. The van der Waals surface area contributed by atoms with Crippen molar-refractivity contribution in [3.63, 3.8) is 0 Å². The number of benzene rings is 1. The molecular weight excluding hydrogens is 286 g/mol. The molecule has 0 aromatic heterocycles. The van der Waals surface area contributed by atoms with Crippen molar-refractivity contribution < 1.29 is 14.3 Å². The summed E-state index contributed by atoms with van der Waals surface area (Å²) in [5.74, 6) is 1.39. The highest BCUT2D eigenvalue weighted by Gasteiger charge is 2.24. The first-order valence-electron chi connectivity index (χ1n) is 5.47. The lowest BCUT2D eigenvalue weighted by Gasteiger charge is -2.11. The van der Waals surface area contributed by atoms with E-state index in [0.717, 1.165) is 16.5 Å². The molecule has 0 fully saturated rings. The molecule has 4 nitrogen and oxygen atoms in total. The molecular formula is C12H14BrNO3. The Hall–Kier alpha value is -1.07. The number of likely N-dealkylation sites (N-methyl/N-ethyl adjacent to an activating group) is 1. The van der Waals surface area contributed by atoms with Gasteiger partial charge in [0.25, 0.3) is 0 Å². The molecule has 5 heteroatoms. The van der Waals surface area contributed by atoms with Crippen molar-refractivity contribution in [2.24, 2.45) is 0 Å². The highest BCUT2D eigenvalue weighted by Crippen LogP contribution is 2.43. The molecule has 0 unspecified atom stereocenters. The van der Waals surface area contributed by atoms with Crippen molar-refractivity contribution >= 4 is 21.7 Å². The minimum Gasteiger partial charge on any atom is -0.454 e. The van der Waals surface area contributed by atoms with Gasteiger partial charge in [-0.3, -0.25) is 4.79 Å². The number of hydrogen-bond acceptors (Lipinski definition) is 4. The second-order valence-electron chi connectivity index (χ2n) is 3.76. The number of nitrogens with one attached hydrogen (secondary N) is 1. The lowest BCUT2D eigenvalue weighted by atomic mass is 10.0. The summed E-state index contributed by atoms with van der Waals surface area (Å²) >= 11 is 3.49. The van der Waals surface area contributed by atoms with Crippen LogP contribution in [0.1, 0.15) is 22.8 Å². The predicted molar refractivity (Wildman–Crippen MR) is 67.9 cm³/mol. The molecule has 0 spiro atoms. The lowest BCUT2D eigenvalue weighted by molar-refractivity contribution is 0.0992. The smallest absolute Gasteiger partial charge is 0.231 e. The number of carbonyl (C=O) groups excluding carboxylic acids is 1. The van der Waals surface area contributed by atoms with E-state index < -0.39 is 0 Å². The Kier molecular flexibility index (Phi) is 3.69. The fraction of sp³-hybridized carbons (Fsp3) is 0.417. The molecule has 0 amide bonds. The Balaban J connectivity index is 2.51. The summed E-state index contributed by atoms with van der Waals surface area (Å²) < 4.78 is 11.5. The van der Waals surface area contributed by atoms with Gasteiger partial charge in [-0.25, -0.2) is 0 Å². The van der Waals surface area contributed by atoms with Crippen molar-refractivity contribution in [2.45, 2.75) is 13.3 Å². The number of ether oxygens (including phenoxy) is 2. The Morgan fingerprint density at radius 1 is 1.53 bits per heavy atom. The van der Waals surface area contributed by atoms with Gasteiger partial charge in [0.15, 0.2) is 17.3 Å². The second kappa shape index (κ2) is 5.06. The normalized spacial score (nSPS) is 12.9. The van der Waals surface area contributed by atoms with Crippen LogP contribution in [-0.4, -0.2) is 26.2 Å². The molecule has 0 saturated heterocycles. The van der Waals surface area contributed by atoms with Crippen molar-refractivity contribution in [1.82, 2.24) is 5.32 Å². The maximum Gasteiger partial charge on any atom is 0.231 e. The van der Waals surface area contributed by atoms with E-state index in [2.05, 4.69) is 21.2 Å². The van der Waals surface area contributed by atoms with Crippen molar-refractivity contribution in [2.75, 3.05) is 20.4 Å². The minimum absolute atomic E-state index is 0.0587. The number of rotatable bonds is 4. The van der Waals surface area contributed by atoms with E-state index in [4.69, 9.17) is 9.47 Å². The molecule has 1 aromatic carbocycles. The van der Waals surface area contributed by atoms with Gasteiger partial charge in [0.05, 0.1) is 11.0 Å². The van der Waals surface area contributed by atoms with E-state index in [-0.39, 0.29) is 12.6 Å². The van der Waals surface area contributed by atoms with Crippen LogP contribution < -0.4 is 14.8 Å². The van der Waals surface area contributed by atoms with Gasteiger partial charge >= 0.3 is 0 Å². The first kappa shape index (κ1) is 12.4. The van der Waals surface area contributed by atoms with Gasteiger partial charge in [-0.2, -0.15) is 0 Å². The molecule has 1 heterocycles. The highest BCUT2D eigenvalue weighted by molar-refractivity contribution is 9.10. The number of hydrogen-bond donors (Lipinski definition) is 1. The van der Waals surface area contributed by atoms with Gasteiger partial charge in [0, 0.05) is 5.56 Å². The summed E-state index contributed by atoms with van der Waals surface area (Å²) in [4.78, 5) is 12.0. The van der Waals surface area contributed by atoms with Crippen LogP contribution in [0.15, 0.2) is 10.5 Å². The summed E-state index contributed by atoms with van der Waals surface area (Å²) in [5, 5.41) is 2.87. The molecule has 1 aliphatic heterocycles. The molecule has 0 atom stereocenters. The number of Topliss-reactive ketones (excluding diaryl/α,β-unsaturated/α-hetero) is 1. The van der Waals surface area contributed by atoms with E-state index in [1.807, 2.05) is 6.92 Å². The zero-order valence-corrected chi connectivity index (χ0v) is 11.4. The van der Waals surface area contributed by atoms with E-state index in [1.165, 1.54) is 0 Å². The fourth-order valence-corrected chi connectivity index (χ4v) is 2.69. The fourth-order valence-electron chi connectivity index (χ4n) is 1.89. The lowest BCUT2D eigenvalue weighted by Crippen LogP contribution is -2.20. The summed E-state index contributed by atoms with van der Waals surface area (Å²) in [5.41, 5.74) is 1.66. The number of ketones is 1. The monoisotopic (exact) mass is 299 g/mol.